The van der Waals surface area contributed by atoms with Crippen LogP contribution in [-0.2, 0) is 14.3 Å². The summed E-state index contributed by atoms with van der Waals surface area (Å²) in [5, 5.41) is 9.26. The van der Waals surface area contributed by atoms with Crippen LogP contribution in [-0.4, -0.2) is 49.0 Å². The number of hydrogen-bond acceptors (Lipinski definition) is 5. The van der Waals surface area contributed by atoms with Gasteiger partial charge >= 0.3 is 5.97 Å². The van der Waals surface area contributed by atoms with Gasteiger partial charge in [-0.05, 0) is 6.92 Å². The highest BCUT2D eigenvalue weighted by Crippen LogP contribution is 2.05. The number of aliphatic hydroxyl groups is 1. The molecule has 0 aliphatic heterocycles. The number of ether oxygens (including phenoxy) is 2. The van der Waals surface area contributed by atoms with Crippen LogP contribution in [0.1, 0.15) is 13.3 Å². The highest BCUT2D eigenvalue weighted by molar-refractivity contribution is 7.99. The van der Waals surface area contributed by atoms with E-state index < -0.39 is 6.10 Å². The third-order valence-electron chi connectivity index (χ3n) is 1.43. The molecule has 5 heteroatoms. The number of esters is 1. The average Bonchev–Trinajstić information content (AvgIpc) is 2.13. The third kappa shape index (κ3) is 8.34. The molecule has 4 nitrogen and oxygen atoms in total. The molecule has 14 heavy (non-hydrogen) atoms. The number of thioether (sulfide) groups is 1. The first-order valence-electron chi connectivity index (χ1n) is 4.61. The van der Waals surface area contributed by atoms with Crippen molar-refractivity contribution in [1.29, 1.82) is 0 Å². The van der Waals surface area contributed by atoms with Gasteiger partial charge < -0.3 is 14.6 Å². The zero-order valence-electron chi connectivity index (χ0n) is 8.69. The Kier molecular flexibility index (Phi) is 9.13. The summed E-state index contributed by atoms with van der Waals surface area (Å²) >= 11 is 1.52. The van der Waals surface area contributed by atoms with Crippen LogP contribution in [0.5, 0.6) is 0 Å². The van der Waals surface area contributed by atoms with Crippen LogP contribution in [0, 0.1) is 0 Å². The molecule has 0 amide bonds. The summed E-state index contributed by atoms with van der Waals surface area (Å²) in [5.74, 6) is 1.09. The number of hydrogen-bond donors (Lipinski definition) is 1. The Morgan fingerprint density at radius 1 is 1.57 bits per heavy atom. The minimum Gasteiger partial charge on any atom is -0.466 e. The van der Waals surface area contributed by atoms with Crippen molar-refractivity contribution in [2.45, 2.75) is 19.4 Å². The van der Waals surface area contributed by atoms with Crippen molar-refractivity contribution in [3.8, 4) is 0 Å². The van der Waals surface area contributed by atoms with Crippen LogP contribution < -0.4 is 0 Å². The quantitative estimate of drug-likeness (QED) is 0.483. The normalized spacial score (nSPS) is 12.5. The van der Waals surface area contributed by atoms with Gasteiger partial charge in [0.2, 0.25) is 0 Å². The molecule has 0 saturated carbocycles. The first-order chi connectivity index (χ1) is 6.70. The smallest absolute Gasteiger partial charge is 0.306 e. The molecule has 0 rings (SSSR count). The minimum absolute atomic E-state index is 0.179. The number of rotatable bonds is 8. The van der Waals surface area contributed by atoms with E-state index in [0.717, 1.165) is 0 Å². The van der Waals surface area contributed by atoms with Gasteiger partial charge in [0, 0.05) is 18.6 Å². The fourth-order valence-corrected chi connectivity index (χ4v) is 1.69. The zero-order chi connectivity index (χ0) is 10.8. The van der Waals surface area contributed by atoms with Crippen molar-refractivity contribution in [3.05, 3.63) is 0 Å². The zero-order valence-corrected chi connectivity index (χ0v) is 9.51. The van der Waals surface area contributed by atoms with E-state index in [9.17, 15) is 9.90 Å². The molecule has 0 heterocycles. The van der Waals surface area contributed by atoms with Crippen LogP contribution in [0.15, 0.2) is 0 Å². The highest BCUT2D eigenvalue weighted by Gasteiger charge is 2.05. The van der Waals surface area contributed by atoms with Crippen LogP contribution in [0.25, 0.3) is 0 Å². The molecule has 84 valence electrons. The number of carbonyl (C=O) groups excluding carboxylic acids is 1. The van der Waals surface area contributed by atoms with Crippen molar-refractivity contribution in [3.63, 3.8) is 0 Å². The molecule has 1 atom stereocenters. The van der Waals surface area contributed by atoms with E-state index in [1.807, 2.05) is 0 Å². The van der Waals surface area contributed by atoms with Gasteiger partial charge in [0.1, 0.15) is 0 Å². The molecule has 0 aliphatic carbocycles. The first-order valence-corrected chi connectivity index (χ1v) is 5.76. The fraction of sp³-hybridized carbons (Fsp3) is 0.889. The van der Waals surface area contributed by atoms with Gasteiger partial charge in [0.05, 0.1) is 25.7 Å². The molecular weight excluding hydrogens is 204 g/mol. The molecule has 1 unspecified atom stereocenters. The van der Waals surface area contributed by atoms with Gasteiger partial charge in [-0.1, -0.05) is 0 Å². The van der Waals surface area contributed by atoms with Crippen molar-refractivity contribution >= 4 is 17.7 Å². The fourth-order valence-electron chi connectivity index (χ4n) is 0.849. The van der Waals surface area contributed by atoms with Crippen molar-refractivity contribution < 1.29 is 19.4 Å². The van der Waals surface area contributed by atoms with E-state index in [1.165, 1.54) is 11.8 Å². The monoisotopic (exact) mass is 222 g/mol. The largest absolute Gasteiger partial charge is 0.466 e. The average molecular weight is 222 g/mol. The molecule has 0 bridgehead atoms. The molecular formula is C9H18O4S. The minimum atomic E-state index is -0.452. The van der Waals surface area contributed by atoms with E-state index in [-0.39, 0.29) is 5.97 Å². The second-order valence-corrected chi connectivity index (χ2v) is 3.89. The van der Waals surface area contributed by atoms with Gasteiger partial charge in [-0.2, -0.15) is 11.8 Å². The molecule has 0 saturated heterocycles. The van der Waals surface area contributed by atoms with Crippen molar-refractivity contribution in [2.24, 2.45) is 0 Å². The second-order valence-electron chi connectivity index (χ2n) is 2.74. The van der Waals surface area contributed by atoms with Crippen molar-refractivity contribution in [2.75, 3.05) is 31.8 Å². The van der Waals surface area contributed by atoms with Crippen LogP contribution >= 0.6 is 11.8 Å². The summed E-state index contributed by atoms with van der Waals surface area (Å²) < 4.78 is 9.52. The summed E-state index contributed by atoms with van der Waals surface area (Å²) in [6, 6.07) is 0. The lowest BCUT2D eigenvalue weighted by atomic mass is 10.4. The van der Waals surface area contributed by atoms with E-state index in [2.05, 4.69) is 0 Å². The van der Waals surface area contributed by atoms with Crippen LogP contribution in [0.4, 0.5) is 0 Å². The molecule has 0 spiro atoms. The van der Waals surface area contributed by atoms with Gasteiger partial charge in [0.15, 0.2) is 0 Å². The van der Waals surface area contributed by atoms with E-state index in [4.69, 9.17) is 9.47 Å². The molecule has 0 aromatic heterocycles. The van der Waals surface area contributed by atoms with E-state index in [1.54, 1.807) is 14.0 Å². The lowest BCUT2D eigenvalue weighted by Gasteiger charge is -2.08. The Hall–Kier alpha value is -0.260. The molecule has 0 aromatic rings. The van der Waals surface area contributed by atoms with Crippen LogP contribution in [0.2, 0.25) is 0 Å². The molecule has 0 fully saturated rings. The Morgan fingerprint density at radius 2 is 2.29 bits per heavy atom. The Labute approximate surface area is 89.0 Å². The first kappa shape index (κ1) is 13.7. The molecule has 0 aromatic carbocycles. The Morgan fingerprint density at radius 3 is 2.86 bits per heavy atom. The maximum atomic E-state index is 10.9. The highest BCUT2D eigenvalue weighted by atomic mass is 32.2. The van der Waals surface area contributed by atoms with Gasteiger partial charge in [-0.25, -0.2) is 0 Å². The van der Waals surface area contributed by atoms with Gasteiger partial charge in [-0.15, -0.1) is 0 Å². The maximum absolute atomic E-state index is 10.9. The van der Waals surface area contributed by atoms with Crippen molar-refractivity contribution in [1.82, 2.24) is 0 Å². The summed E-state index contributed by atoms with van der Waals surface area (Å²) in [5.41, 5.74) is 0. The third-order valence-corrected chi connectivity index (χ3v) is 2.54. The lowest BCUT2D eigenvalue weighted by molar-refractivity contribution is -0.142. The summed E-state index contributed by atoms with van der Waals surface area (Å²) in [6.45, 7) is 2.55. The predicted molar refractivity (Wildman–Crippen MR) is 56.5 cm³/mol. The molecule has 0 aliphatic rings. The summed E-state index contributed by atoms with van der Waals surface area (Å²) in [6.07, 6.45) is -0.0507. The van der Waals surface area contributed by atoms with Crippen LogP contribution in [0.3, 0.4) is 0 Å². The summed E-state index contributed by atoms with van der Waals surface area (Å²) in [4.78, 5) is 10.9. The number of aliphatic hydroxyl groups excluding tert-OH is 1. The number of carbonyl (C=O) groups is 1. The lowest BCUT2D eigenvalue weighted by Crippen LogP contribution is -2.17. The van der Waals surface area contributed by atoms with Gasteiger partial charge in [0.25, 0.3) is 0 Å². The number of methoxy groups -OCH3 is 1. The van der Waals surface area contributed by atoms with E-state index >= 15 is 0 Å². The summed E-state index contributed by atoms with van der Waals surface area (Å²) in [7, 11) is 1.55. The second kappa shape index (κ2) is 9.30. The Balaban J connectivity index is 3.24. The molecule has 1 N–H and O–H groups in total. The predicted octanol–water partition coefficient (Wildman–Crippen LogP) is 0.680. The van der Waals surface area contributed by atoms with E-state index in [0.29, 0.717) is 31.1 Å². The van der Waals surface area contributed by atoms with Gasteiger partial charge in [-0.3, -0.25) is 4.79 Å². The Bertz CT molecular complexity index is 152. The standard InChI is InChI=1S/C9H18O4S/c1-3-13-9(11)4-5-14-7-8(10)6-12-2/h8,10H,3-7H2,1-2H3. The SMILES string of the molecule is CCOC(=O)CCSCC(O)COC. The topological polar surface area (TPSA) is 55.8 Å². The maximum Gasteiger partial charge on any atom is 0.306 e. The molecule has 0 radical (unpaired) electrons.